The van der Waals surface area contributed by atoms with Crippen LogP contribution in [0.1, 0.15) is 39.5 Å². The maximum Gasteiger partial charge on any atom is 0.291 e. The van der Waals surface area contributed by atoms with Crippen molar-refractivity contribution in [3.05, 3.63) is 77.7 Å². The lowest BCUT2D eigenvalue weighted by atomic mass is 10.2. The van der Waals surface area contributed by atoms with Gasteiger partial charge in [0.25, 0.3) is 11.8 Å². The number of carbonyl (C=O) groups excluding carboxylic acids is 2. The van der Waals surface area contributed by atoms with Crippen molar-refractivity contribution in [2.24, 2.45) is 0 Å². The molecule has 0 aliphatic carbocycles. The summed E-state index contributed by atoms with van der Waals surface area (Å²) in [5.74, 6) is -0.894. The number of carbonyl (C=O) groups is 2. The highest BCUT2D eigenvalue weighted by molar-refractivity contribution is 7.89. The standard InChI is InChI=1S/C23H23N3O5S/c1-16-21(32(29,30)26-13-7-8-14-26)15-20(31-16)23(28)25-19-12-6-5-11-18(19)24-22(27)17-9-3-2-4-10-17/h2-6,9-12,15H,7-8,13-14H2,1H3,(H,24,27)(H,25,28). The molecule has 2 N–H and O–H groups in total. The number of anilines is 2. The van der Waals surface area contributed by atoms with Gasteiger partial charge >= 0.3 is 0 Å². The molecule has 1 aromatic heterocycles. The smallest absolute Gasteiger partial charge is 0.291 e. The molecule has 0 radical (unpaired) electrons. The van der Waals surface area contributed by atoms with Crippen molar-refractivity contribution < 1.29 is 22.4 Å². The Bertz CT molecular complexity index is 1250. The third-order valence-corrected chi connectivity index (χ3v) is 7.24. The molecule has 0 unspecified atom stereocenters. The summed E-state index contributed by atoms with van der Waals surface area (Å²) in [4.78, 5) is 25.3. The molecule has 1 fully saturated rings. The maximum absolute atomic E-state index is 12.8. The highest BCUT2D eigenvalue weighted by Crippen LogP contribution is 2.28. The first-order chi connectivity index (χ1) is 15.4. The molecule has 32 heavy (non-hydrogen) atoms. The van der Waals surface area contributed by atoms with Gasteiger partial charge in [-0.2, -0.15) is 4.31 Å². The van der Waals surface area contributed by atoms with Crippen molar-refractivity contribution in [2.45, 2.75) is 24.7 Å². The molecule has 0 atom stereocenters. The molecule has 9 heteroatoms. The molecule has 3 aromatic rings. The third-order valence-electron chi connectivity index (χ3n) is 5.24. The molecule has 0 spiro atoms. The molecule has 1 saturated heterocycles. The Morgan fingerprint density at radius 3 is 2.06 bits per heavy atom. The average molecular weight is 454 g/mol. The fourth-order valence-electron chi connectivity index (χ4n) is 3.57. The average Bonchev–Trinajstić information content (AvgIpc) is 3.46. The summed E-state index contributed by atoms with van der Waals surface area (Å²) in [6, 6.07) is 16.7. The fraction of sp³-hybridized carbons (Fsp3) is 0.217. The lowest BCUT2D eigenvalue weighted by Gasteiger charge is -2.14. The lowest BCUT2D eigenvalue weighted by molar-refractivity contribution is 0.0992. The largest absolute Gasteiger partial charge is 0.455 e. The number of hydrogen-bond donors (Lipinski definition) is 2. The van der Waals surface area contributed by atoms with Crippen molar-refractivity contribution in [3.63, 3.8) is 0 Å². The fourth-order valence-corrected chi connectivity index (χ4v) is 5.25. The van der Waals surface area contributed by atoms with Gasteiger partial charge in [0.05, 0.1) is 11.4 Å². The molecule has 8 nitrogen and oxygen atoms in total. The molecule has 1 aliphatic rings. The Morgan fingerprint density at radius 2 is 1.44 bits per heavy atom. The minimum Gasteiger partial charge on any atom is -0.455 e. The number of rotatable bonds is 6. The van der Waals surface area contributed by atoms with E-state index in [1.807, 2.05) is 6.07 Å². The summed E-state index contributed by atoms with van der Waals surface area (Å²) in [7, 11) is -3.71. The van der Waals surface area contributed by atoms with Gasteiger partial charge in [-0.05, 0) is 44.0 Å². The first-order valence-electron chi connectivity index (χ1n) is 10.2. The second kappa shape index (κ2) is 8.97. The molecule has 4 rings (SSSR count). The molecule has 0 saturated carbocycles. The minimum absolute atomic E-state index is 0.00443. The van der Waals surface area contributed by atoms with E-state index in [1.165, 1.54) is 17.3 Å². The Hall–Kier alpha value is -3.43. The second-order valence-electron chi connectivity index (χ2n) is 7.46. The van der Waals surface area contributed by atoms with Crippen molar-refractivity contribution in [1.29, 1.82) is 0 Å². The van der Waals surface area contributed by atoms with Crippen molar-refractivity contribution in [3.8, 4) is 0 Å². The van der Waals surface area contributed by atoms with E-state index in [0.29, 0.717) is 30.0 Å². The molecule has 0 bridgehead atoms. The number of para-hydroxylation sites is 2. The lowest BCUT2D eigenvalue weighted by Crippen LogP contribution is -2.28. The van der Waals surface area contributed by atoms with Crippen LogP contribution in [0.5, 0.6) is 0 Å². The van der Waals surface area contributed by atoms with Crippen LogP contribution >= 0.6 is 0 Å². The SMILES string of the molecule is Cc1oc(C(=O)Nc2ccccc2NC(=O)c2ccccc2)cc1S(=O)(=O)N1CCCC1. The van der Waals surface area contributed by atoms with Crippen LogP contribution in [0.15, 0.2) is 70.0 Å². The summed E-state index contributed by atoms with van der Waals surface area (Å²) < 4.78 is 32.6. The zero-order valence-electron chi connectivity index (χ0n) is 17.5. The second-order valence-corrected chi connectivity index (χ2v) is 9.37. The van der Waals surface area contributed by atoms with Crippen LogP contribution in [-0.2, 0) is 10.0 Å². The highest BCUT2D eigenvalue weighted by Gasteiger charge is 2.31. The van der Waals surface area contributed by atoms with Gasteiger partial charge in [0.1, 0.15) is 10.7 Å². The van der Waals surface area contributed by atoms with Crippen LogP contribution in [-0.4, -0.2) is 37.6 Å². The van der Waals surface area contributed by atoms with Gasteiger partial charge in [0.2, 0.25) is 10.0 Å². The number of furan rings is 1. The van der Waals surface area contributed by atoms with Gasteiger partial charge in [-0.1, -0.05) is 30.3 Å². The summed E-state index contributed by atoms with van der Waals surface area (Å²) in [5, 5.41) is 5.46. The van der Waals surface area contributed by atoms with Crippen LogP contribution in [0.4, 0.5) is 11.4 Å². The maximum atomic E-state index is 12.8. The number of amides is 2. The summed E-state index contributed by atoms with van der Waals surface area (Å²) in [5.41, 5.74) is 1.25. The molecular weight excluding hydrogens is 430 g/mol. The van der Waals surface area contributed by atoms with Gasteiger partial charge < -0.3 is 15.1 Å². The van der Waals surface area contributed by atoms with Gasteiger partial charge in [0, 0.05) is 24.7 Å². The third kappa shape index (κ3) is 4.44. The molecule has 2 heterocycles. The van der Waals surface area contributed by atoms with Crippen LogP contribution in [0.25, 0.3) is 0 Å². The monoisotopic (exact) mass is 453 g/mol. The molecule has 2 amide bonds. The number of sulfonamides is 1. The zero-order valence-corrected chi connectivity index (χ0v) is 18.3. The van der Waals surface area contributed by atoms with E-state index in [9.17, 15) is 18.0 Å². The topological polar surface area (TPSA) is 109 Å². The number of hydrogen-bond acceptors (Lipinski definition) is 5. The van der Waals surface area contributed by atoms with E-state index >= 15 is 0 Å². The van der Waals surface area contributed by atoms with Gasteiger partial charge in [-0.25, -0.2) is 8.42 Å². The highest BCUT2D eigenvalue weighted by atomic mass is 32.2. The first-order valence-corrected chi connectivity index (χ1v) is 11.7. The Morgan fingerprint density at radius 1 is 0.875 bits per heavy atom. The molecule has 1 aliphatic heterocycles. The van der Waals surface area contributed by atoms with Crippen molar-refractivity contribution >= 4 is 33.2 Å². The molecular formula is C23H23N3O5S. The predicted octanol–water partition coefficient (Wildman–Crippen LogP) is 3.88. The number of benzene rings is 2. The number of nitrogens with zero attached hydrogens (tertiary/aromatic N) is 1. The van der Waals surface area contributed by atoms with Gasteiger partial charge in [0.15, 0.2) is 5.76 Å². The summed E-state index contributed by atoms with van der Waals surface area (Å²) in [6.07, 6.45) is 1.63. The van der Waals surface area contributed by atoms with Crippen molar-refractivity contribution in [1.82, 2.24) is 4.31 Å². The summed E-state index contributed by atoms with van der Waals surface area (Å²) in [6.45, 7) is 2.44. The van der Waals surface area contributed by atoms with E-state index in [1.54, 1.807) is 48.5 Å². The Kier molecular flexibility index (Phi) is 6.11. The Balaban J connectivity index is 1.53. The van der Waals surface area contributed by atoms with E-state index in [4.69, 9.17) is 4.42 Å². The normalized spacial score (nSPS) is 14.3. The number of aryl methyl sites for hydroxylation is 1. The van der Waals surface area contributed by atoms with E-state index in [0.717, 1.165) is 12.8 Å². The summed E-state index contributed by atoms with van der Waals surface area (Å²) >= 11 is 0. The van der Waals surface area contributed by atoms with E-state index < -0.39 is 15.9 Å². The minimum atomic E-state index is -3.71. The van der Waals surface area contributed by atoms with E-state index in [2.05, 4.69) is 10.6 Å². The zero-order chi connectivity index (χ0) is 22.7. The first kappa shape index (κ1) is 21.8. The van der Waals surface area contributed by atoms with Crippen molar-refractivity contribution in [2.75, 3.05) is 23.7 Å². The van der Waals surface area contributed by atoms with Crippen LogP contribution in [0.2, 0.25) is 0 Å². The van der Waals surface area contributed by atoms with Crippen LogP contribution in [0.3, 0.4) is 0 Å². The van der Waals surface area contributed by atoms with E-state index in [-0.39, 0.29) is 22.3 Å². The van der Waals surface area contributed by atoms with Gasteiger partial charge in [-0.15, -0.1) is 0 Å². The van der Waals surface area contributed by atoms with Gasteiger partial charge in [-0.3, -0.25) is 9.59 Å². The molecule has 166 valence electrons. The Labute approximate surface area is 186 Å². The van der Waals surface area contributed by atoms with Crippen LogP contribution < -0.4 is 10.6 Å². The number of nitrogens with one attached hydrogen (secondary N) is 2. The van der Waals surface area contributed by atoms with Crippen LogP contribution in [0, 0.1) is 6.92 Å². The predicted molar refractivity (Wildman–Crippen MR) is 120 cm³/mol. The quantitative estimate of drug-likeness (QED) is 0.589. The molecule has 2 aromatic carbocycles.